The van der Waals surface area contributed by atoms with Crippen molar-refractivity contribution in [3.05, 3.63) is 35.9 Å². The van der Waals surface area contributed by atoms with Crippen LogP contribution in [0.4, 0.5) is 0 Å². The Hall–Kier alpha value is -1.96. The number of ether oxygens (including phenoxy) is 1. The van der Waals surface area contributed by atoms with Crippen LogP contribution in [0.15, 0.2) is 30.3 Å². The van der Waals surface area contributed by atoms with E-state index < -0.39 is 5.54 Å². The van der Waals surface area contributed by atoms with Gasteiger partial charge in [0, 0.05) is 39.3 Å². The third-order valence-electron chi connectivity index (χ3n) is 5.20. The second-order valence-electron chi connectivity index (χ2n) is 7.13. The van der Waals surface area contributed by atoms with Crippen LogP contribution in [0.3, 0.4) is 0 Å². The first-order valence-electron chi connectivity index (χ1n) is 9.20. The van der Waals surface area contributed by atoms with Crippen LogP contribution < -0.4 is 5.73 Å². The molecule has 0 saturated carbocycles. The molecule has 7 heteroatoms. The predicted octanol–water partition coefficient (Wildman–Crippen LogP) is -0.136. The van der Waals surface area contributed by atoms with E-state index in [9.17, 15) is 9.59 Å². The van der Waals surface area contributed by atoms with Crippen molar-refractivity contribution >= 4 is 11.8 Å². The summed E-state index contributed by atoms with van der Waals surface area (Å²) in [6.45, 7) is 7.29. The normalized spacial score (nSPS) is 21.3. The number of piperazine rings is 1. The van der Waals surface area contributed by atoms with Gasteiger partial charge >= 0.3 is 0 Å². The number of benzene rings is 1. The molecular weight excluding hydrogens is 332 g/mol. The number of hydrogen-bond donors (Lipinski definition) is 1. The molecule has 3 rings (SSSR count). The molecule has 2 aliphatic rings. The van der Waals surface area contributed by atoms with Crippen molar-refractivity contribution in [3.63, 3.8) is 0 Å². The predicted molar refractivity (Wildman–Crippen MR) is 98.4 cm³/mol. The second kappa shape index (κ2) is 8.16. The summed E-state index contributed by atoms with van der Waals surface area (Å²) in [5.74, 6) is 0.0730. The Morgan fingerprint density at radius 3 is 2.23 bits per heavy atom. The molecule has 1 aromatic rings. The van der Waals surface area contributed by atoms with Gasteiger partial charge in [-0.05, 0) is 12.5 Å². The fourth-order valence-corrected chi connectivity index (χ4v) is 3.45. The lowest BCUT2D eigenvalue weighted by molar-refractivity contribution is -0.140. The summed E-state index contributed by atoms with van der Waals surface area (Å²) in [6.07, 6.45) is 0. The van der Waals surface area contributed by atoms with Crippen molar-refractivity contribution in [2.24, 2.45) is 5.73 Å². The average Bonchev–Trinajstić information content (AvgIpc) is 2.69. The van der Waals surface area contributed by atoms with Crippen molar-refractivity contribution in [1.82, 2.24) is 14.7 Å². The number of carbonyl (C=O) groups excluding carboxylic acids is 2. The van der Waals surface area contributed by atoms with Crippen LogP contribution in [0.25, 0.3) is 0 Å². The maximum atomic E-state index is 12.9. The van der Waals surface area contributed by atoms with E-state index in [-0.39, 0.29) is 11.8 Å². The molecule has 2 fully saturated rings. The van der Waals surface area contributed by atoms with Gasteiger partial charge < -0.3 is 20.3 Å². The van der Waals surface area contributed by atoms with Gasteiger partial charge in [-0.3, -0.25) is 14.5 Å². The van der Waals surface area contributed by atoms with Crippen molar-refractivity contribution in [1.29, 1.82) is 0 Å². The van der Waals surface area contributed by atoms with Crippen LogP contribution in [-0.2, 0) is 19.9 Å². The van der Waals surface area contributed by atoms with Crippen LogP contribution in [-0.4, -0.2) is 85.5 Å². The minimum absolute atomic E-state index is 0.0668. The maximum Gasteiger partial charge on any atom is 0.247 e. The molecule has 2 heterocycles. The van der Waals surface area contributed by atoms with Crippen molar-refractivity contribution < 1.29 is 14.3 Å². The zero-order chi connectivity index (χ0) is 18.6. The fraction of sp³-hybridized carbons (Fsp3) is 0.579. The number of amides is 2. The molecule has 26 heavy (non-hydrogen) atoms. The summed E-state index contributed by atoms with van der Waals surface area (Å²) < 4.78 is 5.29. The Bertz CT molecular complexity index is 621. The Balaban J connectivity index is 1.51. The summed E-state index contributed by atoms with van der Waals surface area (Å²) in [5.41, 5.74) is 6.13. The fourth-order valence-electron chi connectivity index (χ4n) is 3.45. The van der Waals surface area contributed by atoms with E-state index in [0.29, 0.717) is 59.0 Å². The van der Waals surface area contributed by atoms with Crippen molar-refractivity contribution in [2.75, 3.05) is 59.0 Å². The van der Waals surface area contributed by atoms with Gasteiger partial charge in [0.1, 0.15) is 5.54 Å². The third-order valence-corrected chi connectivity index (χ3v) is 5.20. The number of hydrogen-bond acceptors (Lipinski definition) is 5. The highest BCUT2D eigenvalue weighted by atomic mass is 16.5. The summed E-state index contributed by atoms with van der Waals surface area (Å²) in [7, 11) is 0. The number of rotatable bonds is 4. The van der Waals surface area contributed by atoms with E-state index in [1.54, 1.807) is 6.92 Å². The highest BCUT2D eigenvalue weighted by molar-refractivity contribution is 5.87. The molecule has 2 saturated heterocycles. The first kappa shape index (κ1) is 18.8. The summed E-state index contributed by atoms with van der Waals surface area (Å²) in [6, 6.07) is 9.46. The molecule has 0 aliphatic carbocycles. The third kappa shape index (κ3) is 4.23. The van der Waals surface area contributed by atoms with Crippen LogP contribution in [0.2, 0.25) is 0 Å². The molecule has 1 unspecified atom stereocenters. The van der Waals surface area contributed by atoms with Gasteiger partial charge in [0.15, 0.2) is 0 Å². The van der Waals surface area contributed by atoms with Gasteiger partial charge in [-0.15, -0.1) is 0 Å². The lowest BCUT2D eigenvalue weighted by atomic mass is 9.91. The quantitative estimate of drug-likeness (QED) is 0.809. The van der Waals surface area contributed by atoms with Gasteiger partial charge in [0.05, 0.1) is 19.8 Å². The summed E-state index contributed by atoms with van der Waals surface area (Å²) in [4.78, 5) is 31.0. The lowest BCUT2D eigenvalue weighted by Crippen LogP contribution is -2.57. The molecule has 2 aliphatic heterocycles. The maximum absolute atomic E-state index is 12.9. The topological polar surface area (TPSA) is 79.1 Å². The Labute approximate surface area is 154 Å². The van der Waals surface area contributed by atoms with Crippen LogP contribution in [0, 0.1) is 0 Å². The van der Waals surface area contributed by atoms with Gasteiger partial charge in [0.2, 0.25) is 11.8 Å². The minimum atomic E-state index is -1.03. The Kier molecular flexibility index (Phi) is 5.90. The van der Waals surface area contributed by atoms with E-state index in [0.717, 1.165) is 5.56 Å². The largest absolute Gasteiger partial charge is 0.378 e. The van der Waals surface area contributed by atoms with Gasteiger partial charge in [-0.2, -0.15) is 0 Å². The lowest BCUT2D eigenvalue weighted by Gasteiger charge is -2.39. The minimum Gasteiger partial charge on any atom is -0.378 e. The van der Waals surface area contributed by atoms with E-state index in [2.05, 4.69) is 4.90 Å². The number of nitrogens with zero attached hydrogens (tertiary/aromatic N) is 3. The zero-order valence-electron chi connectivity index (χ0n) is 15.4. The van der Waals surface area contributed by atoms with Crippen molar-refractivity contribution in [3.8, 4) is 0 Å². The molecule has 0 spiro atoms. The van der Waals surface area contributed by atoms with E-state index in [1.807, 2.05) is 40.1 Å². The molecule has 0 radical (unpaired) electrons. The van der Waals surface area contributed by atoms with E-state index >= 15 is 0 Å². The monoisotopic (exact) mass is 360 g/mol. The first-order chi connectivity index (χ1) is 12.5. The molecule has 7 nitrogen and oxygen atoms in total. The highest BCUT2D eigenvalue weighted by Crippen LogP contribution is 2.21. The summed E-state index contributed by atoms with van der Waals surface area (Å²) in [5, 5.41) is 0. The molecule has 2 N–H and O–H groups in total. The molecule has 2 amide bonds. The highest BCUT2D eigenvalue weighted by Gasteiger charge is 2.36. The smallest absolute Gasteiger partial charge is 0.247 e. The molecule has 0 aromatic heterocycles. The van der Waals surface area contributed by atoms with Gasteiger partial charge in [-0.1, -0.05) is 30.3 Å². The molecule has 1 atom stereocenters. The average molecular weight is 360 g/mol. The number of carbonyl (C=O) groups is 2. The van der Waals surface area contributed by atoms with Crippen LogP contribution in [0.5, 0.6) is 0 Å². The van der Waals surface area contributed by atoms with Gasteiger partial charge in [-0.25, -0.2) is 0 Å². The standard InChI is InChI=1S/C19H28N4O3/c1-19(20,16-5-3-2-4-6-16)18(25)23-9-7-21(8-10-23)15-17(24)22-11-13-26-14-12-22/h2-6H,7-15,20H2,1H3. The number of morpholine rings is 1. The SMILES string of the molecule is CC(N)(C(=O)N1CCN(CC(=O)N2CCOCC2)CC1)c1ccccc1. The molecule has 1 aromatic carbocycles. The van der Waals surface area contributed by atoms with Crippen LogP contribution >= 0.6 is 0 Å². The first-order valence-corrected chi connectivity index (χ1v) is 9.20. The summed E-state index contributed by atoms with van der Waals surface area (Å²) >= 11 is 0. The number of nitrogens with two attached hydrogens (primary N) is 1. The Morgan fingerprint density at radius 1 is 1.00 bits per heavy atom. The van der Waals surface area contributed by atoms with Crippen molar-refractivity contribution in [2.45, 2.75) is 12.5 Å². The Morgan fingerprint density at radius 2 is 1.62 bits per heavy atom. The molecular formula is C19H28N4O3. The zero-order valence-corrected chi connectivity index (χ0v) is 15.4. The molecule has 142 valence electrons. The van der Waals surface area contributed by atoms with Crippen LogP contribution in [0.1, 0.15) is 12.5 Å². The van der Waals surface area contributed by atoms with Gasteiger partial charge in [0.25, 0.3) is 0 Å². The van der Waals surface area contributed by atoms with E-state index in [1.165, 1.54) is 0 Å². The second-order valence-corrected chi connectivity index (χ2v) is 7.13. The van der Waals surface area contributed by atoms with E-state index in [4.69, 9.17) is 10.5 Å². The molecule has 0 bridgehead atoms.